The lowest BCUT2D eigenvalue weighted by Crippen LogP contribution is -2.37. The SMILES string of the molecule is Cc1ccc(C(C)C)cc1CN(C)C(CO)CO. The average Bonchev–Trinajstić information content (AvgIpc) is 2.33. The molecule has 0 heterocycles. The minimum Gasteiger partial charge on any atom is -0.395 e. The Hall–Kier alpha value is -0.900. The second-order valence-corrected chi connectivity index (χ2v) is 5.27. The minimum atomic E-state index is -0.188. The molecule has 0 saturated heterocycles. The van der Waals surface area contributed by atoms with Gasteiger partial charge in [-0.2, -0.15) is 0 Å². The predicted octanol–water partition coefficient (Wildman–Crippen LogP) is 1.90. The lowest BCUT2D eigenvalue weighted by atomic mass is 9.97. The molecule has 0 atom stereocenters. The van der Waals surface area contributed by atoms with Gasteiger partial charge >= 0.3 is 0 Å². The van der Waals surface area contributed by atoms with Gasteiger partial charge in [0.2, 0.25) is 0 Å². The highest BCUT2D eigenvalue weighted by molar-refractivity contribution is 5.32. The Bertz CT molecular complexity index is 373. The fraction of sp³-hybridized carbons (Fsp3) is 0.600. The van der Waals surface area contributed by atoms with Gasteiger partial charge in [0.05, 0.1) is 19.3 Å². The molecule has 0 unspecified atom stereocenters. The number of likely N-dealkylation sites (N-methyl/N-ethyl adjacent to an activating group) is 1. The molecule has 102 valence electrons. The highest BCUT2D eigenvalue weighted by atomic mass is 16.3. The van der Waals surface area contributed by atoms with Crippen LogP contribution in [0.5, 0.6) is 0 Å². The van der Waals surface area contributed by atoms with E-state index in [0.717, 1.165) is 6.54 Å². The quantitative estimate of drug-likeness (QED) is 0.811. The van der Waals surface area contributed by atoms with Crippen molar-refractivity contribution in [1.82, 2.24) is 4.90 Å². The number of aliphatic hydroxyl groups is 2. The van der Waals surface area contributed by atoms with E-state index in [9.17, 15) is 10.2 Å². The largest absolute Gasteiger partial charge is 0.395 e. The summed E-state index contributed by atoms with van der Waals surface area (Å²) in [4.78, 5) is 1.99. The standard InChI is InChI=1S/C15H25NO2/c1-11(2)13-6-5-12(3)14(7-13)8-16(4)15(9-17)10-18/h5-7,11,15,17-18H,8-10H2,1-4H3. The molecule has 1 aromatic carbocycles. The second-order valence-electron chi connectivity index (χ2n) is 5.27. The molecule has 0 amide bonds. The van der Waals surface area contributed by atoms with E-state index >= 15 is 0 Å². The summed E-state index contributed by atoms with van der Waals surface area (Å²) < 4.78 is 0. The van der Waals surface area contributed by atoms with Crippen LogP contribution in [0, 0.1) is 6.92 Å². The normalized spacial score (nSPS) is 11.8. The molecule has 2 N–H and O–H groups in total. The lowest BCUT2D eigenvalue weighted by Gasteiger charge is -2.25. The minimum absolute atomic E-state index is 0.0179. The van der Waals surface area contributed by atoms with Crippen molar-refractivity contribution in [2.45, 2.75) is 39.3 Å². The first-order valence-corrected chi connectivity index (χ1v) is 6.51. The molecule has 0 fully saturated rings. The van der Waals surface area contributed by atoms with Crippen molar-refractivity contribution in [3.05, 3.63) is 34.9 Å². The number of aryl methyl sites for hydroxylation is 1. The van der Waals surface area contributed by atoms with Crippen LogP contribution in [0.25, 0.3) is 0 Å². The van der Waals surface area contributed by atoms with Gasteiger partial charge in [-0.15, -0.1) is 0 Å². The van der Waals surface area contributed by atoms with Gasteiger partial charge in [-0.25, -0.2) is 0 Å². The Morgan fingerprint density at radius 2 is 1.78 bits per heavy atom. The molecule has 0 aliphatic rings. The first-order valence-electron chi connectivity index (χ1n) is 6.51. The first-order chi connectivity index (χ1) is 8.49. The molecule has 0 bridgehead atoms. The van der Waals surface area contributed by atoms with Crippen LogP contribution in [0.2, 0.25) is 0 Å². The summed E-state index contributed by atoms with van der Waals surface area (Å²) >= 11 is 0. The first kappa shape index (κ1) is 15.2. The Balaban J connectivity index is 2.86. The van der Waals surface area contributed by atoms with Crippen LogP contribution >= 0.6 is 0 Å². The van der Waals surface area contributed by atoms with Crippen LogP contribution in [-0.4, -0.2) is 41.4 Å². The molecular formula is C15H25NO2. The van der Waals surface area contributed by atoms with E-state index in [4.69, 9.17) is 0 Å². The number of rotatable bonds is 6. The summed E-state index contributed by atoms with van der Waals surface area (Å²) in [5.74, 6) is 0.515. The van der Waals surface area contributed by atoms with Crippen molar-refractivity contribution in [1.29, 1.82) is 0 Å². The van der Waals surface area contributed by atoms with Crippen molar-refractivity contribution >= 4 is 0 Å². The summed E-state index contributed by atoms with van der Waals surface area (Å²) in [6.07, 6.45) is 0. The Kier molecular flexibility index (Phi) is 5.79. The van der Waals surface area contributed by atoms with Crippen LogP contribution in [0.15, 0.2) is 18.2 Å². The fourth-order valence-electron chi connectivity index (χ4n) is 1.96. The Morgan fingerprint density at radius 1 is 1.17 bits per heavy atom. The zero-order chi connectivity index (χ0) is 13.7. The molecule has 1 rings (SSSR count). The highest BCUT2D eigenvalue weighted by Gasteiger charge is 2.14. The lowest BCUT2D eigenvalue weighted by molar-refractivity contribution is 0.0872. The van der Waals surface area contributed by atoms with Gasteiger partial charge in [-0.05, 0) is 36.6 Å². The maximum absolute atomic E-state index is 9.18. The van der Waals surface area contributed by atoms with Gasteiger partial charge in [0, 0.05) is 6.54 Å². The molecule has 0 saturated carbocycles. The van der Waals surface area contributed by atoms with E-state index in [1.807, 2.05) is 11.9 Å². The molecule has 0 aromatic heterocycles. The second kappa shape index (κ2) is 6.88. The molecule has 0 aliphatic carbocycles. The third-order valence-electron chi connectivity index (χ3n) is 3.50. The molecule has 1 aromatic rings. The number of aliphatic hydroxyl groups excluding tert-OH is 2. The molecule has 0 aliphatic heterocycles. The van der Waals surface area contributed by atoms with Crippen molar-refractivity contribution < 1.29 is 10.2 Å². The van der Waals surface area contributed by atoms with E-state index in [2.05, 4.69) is 39.0 Å². The average molecular weight is 251 g/mol. The van der Waals surface area contributed by atoms with Gasteiger partial charge in [-0.1, -0.05) is 32.0 Å². The van der Waals surface area contributed by atoms with Gasteiger partial charge in [-0.3, -0.25) is 4.90 Å². The molecule has 3 nitrogen and oxygen atoms in total. The summed E-state index contributed by atoms with van der Waals surface area (Å²) in [5.41, 5.74) is 3.84. The zero-order valence-corrected chi connectivity index (χ0v) is 11.8. The Morgan fingerprint density at radius 3 is 2.28 bits per heavy atom. The smallest absolute Gasteiger partial charge is 0.0609 e. The van der Waals surface area contributed by atoms with E-state index < -0.39 is 0 Å². The number of hydrogen-bond acceptors (Lipinski definition) is 3. The predicted molar refractivity (Wildman–Crippen MR) is 74.7 cm³/mol. The summed E-state index contributed by atoms with van der Waals surface area (Å²) in [6, 6.07) is 6.35. The molecule has 3 heteroatoms. The maximum Gasteiger partial charge on any atom is 0.0609 e. The summed E-state index contributed by atoms with van der Waals surface area (Å²) in [6.45, 7) is 7.18. The Labute approximate surface area is 110 Å². The number of hydrogen-bond donors (Lipinski definition) is 2. The van der Waals surface area contributed by atoms with E-state index in [0.29, 0.717) is 5.92 Å². The van der Waals surface area contributed by atoms with Gasteiger partial charge in [0.25, 0.3) is 0 Å². The van der Waals surface area contributed by atoms with Crippen LogP contribution in [0.3, 0.4) is 0 Å². The molecule has 0 spiro atoms. The van der Waals surface area contributed by atoms with Gasteiger partial charge < -0.3 is 10.2 Å². The van der Waals surface area contributed by atoms with E-state index in [-0.39, 0.29) is 19.3 Å². The summed E-state index contributed by atoms with van der Waals surface area (Å²) in [7, 11) is 1.93. The van der Waals surface area contributed by atoms with Gasteiger partial charge in [0.15, 0.2) is 0 Å². The number of benzene rings is 1. The third kappa shape index (κ3) is 3.80. The molecular weight excluding hydrogens is 226 g/mol. The van der Waals surface area contributed by atoms with Crippen molar-refractivity contribution in [3.8, 4) is 0 Å². The van der Waals surface area contributed by atoms with Crippen molar-refractivity contribution in [2.75, 3.05) is 20.3 Å². The fourth-order valence-corrected chi connectivity index (χ4v) is 1.96. The summed E-state index contributed by atoms with van der Waals surface area (Å²) in [5, 5.41) is 18.4. The van der Waals surface area contributed by atoms with E-state index in [1.165, 1.54) is 16.7 Å². The topological polar surface area (TPSA) is 43.7 Å². The van der Waals surface area contributed by atoms with E-state index in [1.54, 1.807) is 0 Å². The third-order valence-corrected chi connectivity index (χ3v) is 3.50. The van der Waals surface area contributed by atoms with Crippen molar-refractivity contribution in [2.24, 2.45) is 0 Å². The molecule has 0 radical (unpaired) electrons. The van der Waals surface area contributed by atoms with Crippen LogP contribution in [-0.2, 0) is 6.54 Å². The van der Waals surface area contributed by atoms with Crippen LogP contribution in [0.1, 0.15) is 36.5 Å². The highest BCUT2D eigenvalue weighted by Crippen LogP contribution is 2.20. The van der Waals surface area contributed by atoms with Crippen molar-refractivity contribution in [3.63, 3.8) is 0 Å². The van der Waals surface area contributed by atoms with Crippen LogP contribution in [0.4, 0.5) is 0 Å². The molecule has 18 heavy (non-hydrogen) atoms. The zero-order valence-electron chi connectivity index (χ0n) is 11.8. The van der Waals surface area contributed by atoms with Gasteiger partial charge in [0.1, 0.15) is 0 Å². The van der Waals surface area contributed by atoms with Crippen LogP contribution < -0.4 is 0 Å². The monoisotopic (exact) mass is 251 g/mol. The maximum atomic E-state index is 9.18. The number of nitrogens with zero attached hydrogens (tertiary/aromatic N) is 1.